The van der Waals surface area contributed by atoms with Gasteiger partial charge in [0.1, 0.15) is 6.10 Å². The number of halogens is 1. The maximum Gasteiger partial charge on any atom is 0.191 e. The number of nitrogens with zero attached hydrogens (tertiary/aromatic N) is 2. The van der Waals surface area contributed by atoms with Gasteiger partial charge in [0.05, 0.1) is 26.4 Å². The van der Waals surface area contributed by atoms with Crippen LogP contribution < -0.4 is 20.1 Å². The summed E-state index contributed by atoms with van der Waals surface area (Å²) in [4.78, 5) is 7.16. The van der Waals surface area contributed by atoms with Gasteiger partial charge in [0.2, 0.25) is 0 Å². The number of guanidine groups is 1. The molecule has 0 aromatic heterocycles. The molecule has 2 atom stereocenters. The minimum atomic E-state index is -0.0748. The number of aliphatic imine (C=N–C) groups is 1. The van der Waals surface area contributed by atoms with E-state index in [0.29, 0.717) is 12.5 Å². The van der Waals surface area contributed by atoms with Crippen molar-refractivity contribution in [3.8, 4) is 11.5 Å². The van der Waals surface area contributed by atoms with Crippen molar-refractivity contribution >= 4 is 29.9 Å². The van der Waals surface area contributed by atoms with Crippen LogP contribution in [0.25, 0.3) is 0 Å². The topological polar surface area (TPSA) is 67.4 Å². The van der Waals surface area contributed by atoms with Crippen molar-refractivity contribution in [3.05, 3.63) is 24.3 Å². The number of nitrogens with one attached hydrogen (secondary N) is 2. The Morgan fingerprint density at radius 3 is 2.63 bits per heavy atom. The number of benzene rings is 1. The van der Waals surface area contributed by atoms with E-state index in [1.165, 1.54) is 0 Å². The van der Waals surface area contributed by atoms with E-state index >= 15 is 0 Å². The Morgan fingerprint density at radius 1 is 1.23 bits per heavy atom. The number of hydrogen-bond acceptors (Lipinski definition) is 5. The molecule has 30 heavy (non-hydrogen) atoms. The predicted octanol–water partition coefficient (Wildman–Crippen LogP) is 2.99. The van der Waals surface area contributed by atoms with E-state index in [2.05, 4.69) is 41.3 Å². The summed E-state index contributed by atoms with van der Waals surface area (Å²) in [5, 5.41) is 6.71. The smallest absolute Gasteiger partial charge is 0.191 e. The van der Waals surface area contributed by atoms with Crippen LogP contribution in [0.15, 0.2) is 29.3 Å². The third-order valence-electron chi connectivity index (χ3n) is 4.59. The average Bonchev–Trinajstić information content (AvgIpc) is 2.70. The van der Waals surface area contributed by atoms with Crippen LogP contribution in [0.1, 0.15) is 27.7 Å². The molecule has 1 heterocycles. The van der Waals surface area contributed by atoms with E-state index in [1.807, 2.05) is 31.2 Å². The lowest BCUT2D eigenvalue weighted by molar-refractivity contribution is -0.0284. The normalized spacial score (nSPS) is 18.5. The monoisotopic (exact) mass is 534 g/mol. The quantitative estimate of drug-likeness (QED) is 0.274. The van der Waals surface area contributed by atoms with Gasteiger partial charge in [-0.3, -0.25) is 4.90 Å². The Labute approximate surface area is 199 Å². The number of hydrogen-bond donors (Lipinski definition) is 2. The lowest BCUT2D eigenvalue weighted by Gasteiger charge is -2.34. The Morgan fingerprint density at radius 2 is 1.97 bits per heavy atom. The Hall–Kier alpha value is -1.26. The third-order valence-corrected chi connectivity index (χ3v) is 4.59. The molecule has 2 N–H and O–H groups in total. The summed E-state index contributed by atoms with van der Waals surface area (Å²) in [5.74, 6) is 2.92. The van der Waals surface area contributed by atoms with Crippen molar-refractivity contribution in [3.63, 3.8) is 0 Å². The van der Waals surface area contributed by atoms with Crippen molar-refractivity contribution in [2.24, 2.45) is 10.9 Å². The van der Waals surface area contributed by atoms with Crippen molar-refractivity contribution < 1.29 is 14.2 Å². The molecule has 8 heteroatoms. The molecule has 0 radical (unpaired) electrons. The van der Waals surface area contributed by atoms with Crippen LogP contribution in [0.3, 0.4) is 0 Å². The Bertz CT molecular complexity index is 630. The molecule has 2 unspecified atom stereocenters. The minimum Gasteiger partial charge on any atom is -0.493 e. The molecule has 0 spiro atoms. The van der Waals surface area contributed by atoms with Gasteiger partial charge in [0.25, 0.3) is 0 Å². The van der Waals surface area contributed by atoms with Gasteiger partial charge in [-0.05, 0) is 31.9 Å². The van der Waals surface area contributed by atoms with Crippen LogP contribution in [0.2, 0.25) is 0 Å². The van der Waals surface area contributed by atoms with Crippen molar-refractivity contribution in [2.45, 2.75) is 39.9 Å². The summed E-state index contributed by atoms with van der Waals surface area (Å²) < 4.78 is 17.3. The summed E-state index contributed by atoms with van der Waals surface area (Å²) in [6, 6.07) is 7.67. The predicted molar refractivity (Wildman–Crippen MR) is 133 cm³/mol. The molecule has 0 bridgehead atoms. The molecule has 2 rings (SSSR count). The second-order valence-electron chi connectivity index (χ2n) is 7.83. The van der Waals surface area contributed by atoms with Crippen LogP contribution in [0.4, 0.5) is 0 Å². The van der Waals surface area contributed by atoms with Gasteiger partial charge in [-0.2, -0.15) is 0 Å². The standard InChI is InChI=1S/C22H38N4O3.HI/c1-6-23-22(25-14-19-16-26(11-12-28-19)15-17(2)3)24-13-18(4)29-21-10-8-7-9-20(21)27-5;/h7-10,17-19H,6,11-16H2,1-5H3,(H2,23,24,25);1H. The summed E-state index contributed by atoms with van der Waals surface area (Å²) in [7, 11) is 1.65. The van der Waals surface area contributed by atoms with Gasteiger partial charge in [-0.25, -0.2) is 4.99 Å². The Kier molecular flexibility index (Phi) is 13.1. The fourth-order valence-corrected chi connectivity index (χ4v) is 3.33. The van der Waals surface area contributed by atoms with E-state index in [-0.39, 0.29) is 36.2 Å². The minimum absolute atomic E-state index is 0. The van der Waals surface area contributed by atoms with Crippen LogP contribution >= 0.6 is 24.0 Å². The first-order valence-electron chi connectivity index (χ1n) is 10.7. The molecule has 1 aliphatic heterocycles. The molecule has 1 saturated heterocycles. The lowest BCUT2D eigenvalue weighted by Crippen LogP contribution is -2.50. The van der Waals surface area contributed by atoms with E-state index in [1.54, 1.807) is 7.11 Å². The first-order valence-corrected chi connectivity index (χ1v) is 10.7. The van der Waals surface area contributed by atoms with Gasteiger partial charge < -0.3 is 24.8 Å². The lowest BCUT2D eigenvalue weighted by atomic mass is 10.2. The number of methoxy groups -OCH3 is 1. The number of rotatable bonds is 10. The maximum absolute atomic E-state index is 5.99. The molecule has 0 saturated carbocycles. The van der Waals surface area contributed by atoms with Gasteiger partial charge in [-0.15, -0.1) is 24.0 Å². The van der Waals surface area contributed by atoms with Gasteiger partial charge >= 0.3 is 0 Å². The zero-order chi connectivity index (χ0) is 21.1. The van der Waals surface area contributed by atoms with Crippen molar-refractivity contribution in [1.82, 2.24) is 15.5 Å². The van der Waals surface area contributed by atoms with E-state index in [4.69, 9.17) is 14.2 Å². The Balaban J connectivity index is 0.00000450. The molecule has 1 aromatic carbocycles. The summed E-state index contributed by atoms with van der Waals surface area (Å²) in [6.07, 6.45) is 0.0998. The second kappa shape index (κ2) is 14.7. The van der Waals surface area contributed by atoms with Gasteiger partial charge in [-0.1, -0.05) is 26.0 Å². The first kappa shape index (κ1) is 26.8. The van der Waals surface area contributed by atoms with Gasteiger partial charge in [0.15, 0.2) is 17.5 Å². The molecular formula is C22H39IN4O3. The van der Waals surface area contributed by atoms with E-state index < -0.39 is 0 Å². The summed E-state index contributed by atoms with van der Waals surface area (Å²) in [6.45, 7) is 14.5. The zero-order valence-electron chi connectivity index (χ0n) is 19.0. The summed E-state index contributed by atoms with van der Waals surface area (Å²) >= 11 is 0. The zero-order valence-corrected chi connectivity index (χ0v) is 21.3. The molecule has 0 amide bonds. The highest BCUT2D eigenvalue weighted by molar-refractivity contribution is 14.0. The van der Waals surface area contributed by atoms with E-state index in [9.17, 15) is 0 Å². The largest absolute Gasteiger partial charge is 0.493 e. The number of ether oxygens (including phenoxy) is 3. The fraction of sp³-hybridized carbons (Fsp3) is 0.682. The molecule has 7 nitrogen and oxygen atoms in total. The molecule has 1 fully saturated rings. The van der Waals surface area contributed by atoms with E-state index in [0.717, 1.165) is 56.8 Å². The highest BCUT2D eigenvalue weighted by atomic mass is 127. The average molecular weight is 534 g/mol. The van der Waals surface area contributed by atoms with Crippen molar-refractivity contribution in [1.29, 1.82) is 0 Å². The molecule has 0 aliphatic carbocycles. The molecule has 1 aromatic rings. The maximum atomic E-state index is 5.99. The SMILES string of the molecule is CCNC(=NCC(C)Oc1ccccc1OC)NCC1CN(CC(C)C)CCO1.I. The van der Waals surface area contributed by atoms with Crippen LogP contribution in [-0.4, -0.2) is 76.1 Å². The highest BCUT2D eigenvalue weighted by Crippen LogP contribution is 2.26. The van der Waals surface area contributed by atoms with Crippen LogP contribution in [0, 0.1) is 5.92 Å². The van der Waals surface area contributed by atoms with Crippen molar-refractivity contribution in [2.75, 3.05) is 53.0 Å². The highest BCUT2D eigenvalue weighted by Gasteiger charge is 2.21. The van der Waals surface area contributed by atoms with Crippen LogP contribution in [0.5, 0.6) is 11.5 Å². The summed E-state index contributed by atoms with van der Waals surface area (Å²) in [5.41, 5.74) is 0. The fourth-order valence-electron chi connectivity index (χ4n) is 3.33. The first-order chi connectivity index (χ1) is 14.0. The van der Waals surface area contributed by atoms with Crippen LogP contribution in [-0.2, 0) is 4.74 Å². The second-order valence-corrected chi connectivity index (χ2v) is 7.83. The molecule has 172 valence electrons. The molecule has 1 aliphatic rings. The van der Waals surface area contributed by atoms with Gasteiger partial charge in [0, 0.05) is 32.7 Å². The number of para-hydroxylation sites is 2. The third kappa shape index (κ3) is 9.70. The number of morpholine rings is 1. The molecular weight excluding hydrogens is 495 g/mol.